The van der Waals surface area contributed by atoms with Gasteiger partial charge in [-0.05, 0) is 32.6 Å². The standard InChI is InChI=1S/C12H20N2O2/c1-12(2)11(16)14(7-6-10(15)13-12)8-9-4-3-5-9/h9H,3-8H2,1-2H3,(H,13,15). The van der Waals surface area contributed by atoms with Crippen molar-refractivity contribution in [3.05, 3.63) is 0 Å². The van der Waals surface area contributed by atoms with Gasteiger partial charge >= 0.3 is 0 Å². The van der Waals surface area contributed by atoms with Gasteiger partial charge in [0, 0.05) is 19.5 Å². The molecule has 1 aliphatic heterocycles. The van der Waals surface area contributed by atoms with Crippen LogP contribution in [0.15, 0.2) is 0 Å². The zero-order valence-electron chi connectivity index (χ0n) is 10.1. The van der Waals surface area contributed by atoms with E-state index in [0.29, 0.717) is 18.9 Å². The second-order valence-electron chi connectivity index (χ2n) is 5.47. The van der Waals surface area contributed by atoms with Crippen molar-refractivity contribution >= 4 is 11.8 Å². The van der Waals surface area contributed by atoms with Crippen molar-refractivity contribution in [1.29, 1.82) is 0 Å². The topological polar surface area (TPSA) is 49.4 Å². The number of carbonyl (C=O) groups excluding carboxylic acids is 2. The van der Waals surface area contributed by atoms with Crippen LogP contribution >= 0.6 is 0 Å². The van der Waals surface area contributed by atoms with E-state index in [-0.39, 0.29) is 11.8 Å². The van der Waals surface area contributed by atoms with Gasteiger partial charge in [0.1, 0.15) is 5.54 Å². The molecule has 0 spiro atoms. The van der Waals surface area contributed by atoms with Gasteiger partial charge in [0.2, 0.25) is 11.8 Å². The van der Waals surface area contributed by atoms with Gasteiger partial charge in [-0.2, -0.15) is 0 Å². The van der Waals surface area contributed by atoms with E-state index in [4.69, 9.17) is 0 Å². The smallest absolute Gasteiger partial charge is 0.247 e. The van der Waals surface area contributed by atoms with Gasteiger partial charge < -0.3 is 10.2 Å². The highest BCUT2D eigenvalue weighted by atomic mass is 16.2. The third kappa shape index (κ3) is 2.20. The summed E-state index contributed by atoms with van der Waals surface area (Å²) < 4.78 is 0. The highest BCUT2D eigenvalue weighted by molar-refractivity contribution is 5.92. The molecule has 0 radical (unpaired) electrons. The average molecular weight is 224 g/mol. The number of amides is 2. The summed E-state index contributed by atoms with van der Waals surface area (Å²) in [6.45, 7) is 4.97. The lowest BCUT2D eigenvalue weighted by Crippen LogP contribution is -2.53. The maximum absolute atomic E-state index is 12.2. The third-order valence-corrected chi connectivity index (χ3v) is 3.59. The number of hydrogen-bond donors (Lipinski definition) is 1. The predicted molar refractivity (Wildman–Crippen MR) is 60.8 cm³/mol. The first-order valence-corrected chi connectivity index (χ1v) is 6.09. The normalized spacial score (nSPS) is 26.0. The molecule has 0 atom stereocenters. The number of nitrogens with zero attached hydrogens (tertiary/aromatic N) is 1. The molecule has 16 heavy (non-hydrogen) atoms. The van der Waals surface area contributed by atoms with Gasteiger partial charge in [-0.1, -0.05) is 6.42 Å². The Morgan fingerprint density at radius 1 is 1.38 bits per heavy atom. The fraction of sp³-hybridized carbons (Fsp3) is 0.833. The molecule has 1 saturated heterocycles. The van der Waals surface area contributed by atoms with E-state index in [1.165, 1.54) is 19.3 Å². The Kier molecular flexibility index (Phi) is 2.91. The minimum atomic E-state index is -0.739. The van der Waals surface area contributed by atoms with Crippen molar-refractivity contribution in [1.82, 2.24) is 10.2 Å². The molecule has 0 bridgehead atoms. The van der Waals surface area contributed by atoms with Crippen LogP contribution in [0.25, 0.3) is 0 Å². The molecule has 0 aromatic heterocycles. The van der Waals surface area contributed by atoms with Crippen molar-refractivity contribution in [3.8, 4) is 0 Å². The van der Waals surface area contributed by atoms with Crippen LogP contribution in [0.5, 0.6) is 0 Å². The molecular formula is C12H20N2O2. The van der Waals surface area contributed by atoms with E-state index in [1.54, 1.807) is 13.8 Å². The molecular weight excluding hydrogens is 204 g/mol. The fourth-order valence-corrected chi connectivity index (χ4v) is 2.36. The first-order valence-electron chi connectivity index (χ1n) is 6.09. The minimum Gasteiger partial charge on any atom is -0.342 e. The van der Waals surface area contributed by atoms with Crippen molar-refractivity contribution in [3.63, 3.8) is 0 Å². The van der Waals surface area contributed by atoms with E-state index in [0.717, 1.165) is 6.54 Å². The first kappa shape index (κ1) is 11.4. The van der Waals surface area contributed by atoms with Crippen molar-refractivity contribution < 1.29 is 9.59 Å². The van der Waals surface area contributed by atoms with Crippen LogP contribution in [-0.4, -0.2) is 35.3 Å². The lowest BCUT2D eigenvalue weighted by molar-refractivity contribution is -0.138. The molecule has 1 aliphatic carbocycles. The first-order chi connectivity index (χ1) is 7.49. The molecule has 90 valence electrons. The molecule has 0 aromatic rings. The summed E-state index contributed by atoms with van der Waals surface area (Å²) in [6, 6.07) is 0. The quantitative estimate of drug-likeness (QED) is 0.758. The summed E-state index contributed by atoms with van der Waals surface area (Å²) in [4.78, 5) is 25.5. The van der Waals surface area contributed by atoms with Crippen molar-refractivity contribution in [2.75, 3.05) is 13.1 Å². The number of carbonyl (C=O) groups is 2. The Labute approximate surface area is 96.4 Å². The molecule has 0 aromatic carbocycles. The number of hydrogen-bond acceptors (Lipinski definition) is 2. The Bertz CT molecular complexity index is 308. The molecule has 2 aliphatic rings. The number of rotatable bonds is 2. The zero-order chi connectivity index (χ0) is 11.8. The summed E-state index contributed by atoms with van der Waals surface area (Å²) in [5.74, 6) is 0.702. The second-order valence-corrected chi connectivity index (χ2v) is 5.47. The SMILES string of the molecule is CC1(C)NC(=O)CCN(CC2CCC2)C1=O. The van der Waals surface area contributed by atoms with E-state index in [2.05, 4.69) is 5.32 Å². The largest absolute Gasteiger partial charge is 0.342 e. The Balaban J connectivity index is 2.05. The van der Waals surface area contributed by atoms with E-state index < -0.39 is 5.54 Å². The van der Waals surface area contributed by atoms with Crippen LogP contribution in [0.3, 0.4) is 0 Å². The van der Waals surface area contributed by atoms with Crippen LogP contribution in [0.2, 0.25) is 0 Å². The Hall–Kier alpha value is -1.06. The fourth-order valence-electron chi connectivity index (χ4n) is 2.36. The van der Waals surface area contributed by atoms with Crippen LogP contribution in [0, 0.1) is 5.92 Å². The van der Waals surface area contributed by atoms with E-state index in [9.17, 15) is 9.59 Å². The highest BCUT2D eigenvalue weighted by Gasteiger charge is 2.37. The van der Waals surface area contributed by atoms with Gasteiger partial charge in [-0.15, -0.1) is 0 Å². The third-order valence-electron chi connectivity index (χ3n) is 3.59. The summed E-state index contributed by atoms with van der Waals surface area (Å²) in [5, 5.41) is 2.78. The van der Waals surface area contributed by atoms with Crippen molar-refractivity contribution in [2.45, 2.75) is 45.1 Å². The molecule has 1 heterocycles. The maximum atomic E-state index is 12.2. The van der Waals surface area contributed by atoms with Gasteiger partial charge in [0.05, 0.1) is 0 Å². The molecule has 2 fully saturated rings. The average Bonchev–Trinajstić information content (AvgIpc) is 2.21. The Morgan fingerprint density at radius 2 is 2.06 bits per heavy atom. The van der Waals surface area contributed by atoms with E-state index in [1.807, 2.05) is 4.90 Å². The van der Waals surface area contributed by atoms with Crippen LogP contribution in [0.1, 0.15) is 39.5 Å². The lowest BCUT2D eigenvalue weighted by atomic mass is 9.85. The van der Waals surface area contributed by atoms with Crippen LogP contribution in [0.4, 0.5) is 0 Å². The van der Waals surface area contributed by atoms with Gasteiger partial charge in [-0.3, -0.25) is 9.59 Å². The van der Waals surface area contributed by atoms with Gasteiger partial charge in [-0.25, -0.2) is 0 Å². The van der Waals surface area contributed by atoms with Crippen molar-refractivity contribution in [2.24, 2.45) is 5.92 Å². The lowest BCUT2D eigenvalue weighted by Gasteiger charge is -2.34. The molecule has 0 unspecified atom stereocenters. The predicted octanol–water partition coefficient (Wildman–Crippen LogP) is 0.914. The molecule has 1 N–H and O–H groups in total. The summed E-state index contributed by atoms with van der Waals surface area (Å²) in [6.07, 6.45) is 4.17. The van der Waals surface area contributed by atoms with Crippen LogP contribution < -0.4 is 5.32 Å². The van der Waals surface area contributed by atoms with E-state index >= 15 is 0 Å². The second kappa shape index (κ2) is 4.07. The zero-order valence-corrected chi connectivity index (χ0v) is 10.1. The molecule has 4 nitrogen and oxygen atoms in total. The molecule has 4 heteroatoms. The summed E-state index contributed by atoms with van der Waals surface area (Å²) in [5.41, 5.74) is -0.739. The monoisotopic (exact) mass is 224 g/mol. The summed E-state index contributed by atoms with van der Waals surface area (Å²) >= 11 is 0. The van der Waals surface area contributed by atoms with Gasteiger partial charge in [0.25, 0.3) is 0 Å². The minimum absolute atomic E-state index is 0.0190. The molecule has 2 rings (SSSR count). The van der Waals surface area contributed by atoms with Gasteiger partial charge in [0.15, 0.2) is 0 Å². The Morgan fingerprint density at radius 3 is 2.62 bits per heavy atom. The maximum Gasteiger partial charge on any atom is 0.247 e. The highest BCUT2D eigenvalue weighted by Crippen LogP contribution is 2.28. The number of nitrogens with one attached hydrogen (secondary N) is 1. The molecule has 1 saturated carbocycles. The summed E-state index contributed by atoms with van der Waals surface area (Å²) in [7, 11) is 0. The molecule has 2 amide bonds. The van der Waals surface area contributed by atoms with Crippen LogP contribution in [-0.2, 0) is 9.59 Å².